The van der Waals surface area contributed by atoms with E-state index in [2.05, 4.69) is 15.5 Å². The van der Waals surface area contributed by atoms with Gasteiger partial charge >= 0.3 is 0 Å². The molecule has 1 rings (SSSR count). The Morgan fingerprint density at radius 1 is 1.78 bits per heavy atom. The van der Waals surface area contributed by atoms with E-state index < -0.39 is 0 Å². The minimum Gasteiger partial charge on any atom is -0.369 e. The first-order valence-electron chi connectivity index (χ1n) is 3.09. The molecule has 0 atom stereocenters. The first kappa shape index (κ1) is 6.13. The summed E-state index contributed by atoms with van der Waals surface area (Å²) in [5, 5.41) is 9.90. The summed E-state index contributed by atoms with van der Waals surface area (Å²) in [5.41, 5.74) is 1.09. The highest BCUT2D eigenvalue weighted by Gasteiger charge is 1.91. The molecular weight excluding hydrogens is 114 g/mol. The Bertz CT molecular complexity index is 180. The van der Waals surface area contributed by atoms with Crippen LogP contribution in [0.3, 0.4) is 0 Å². The van der Waals surface area contributed by atoms with E-state index in [9.17, 15) is 0 Å². The second kappa shape index (κ2) is 2.53. The Kier molecular flexibility index (Phi) is 1.72. The maximum Gasteiger partial charge on any atom is 0.148 e. The third-order valence-electron chi connectivity index (χ3n) is 1.06. The fourth-order valence-electron chi connectivity index (χ4n) is 0.690. The van der Waals surface area contributed by atoms with Gasteiger partial charge in [0, 0.05) is 18.3 Å². The van der Waals surface area contributed by atoms with Crippen LogP contribution in [0.5, 0.6) is 0 Å². The number of anilines is 1. The summed E-state index contributed by atoms with van der Waals surface area (Å²) >= 11 is 0. The highest BCUT2D eigenvalue weighted by atomic mass is 15.2. The van der Waals surface area contributed by atoms with Gasteiger partial charge in [-0.05, 0) is 13.8 Å². The molecule has 3 nitrogen and oxygen atoms in total. The van der Waals surface area contributed by atoms with Crippen molar-refractivity contribution in [1.82, 2.24) is 10.2 Å². The van der Waals surface area contributed by atoms with Crippen molar-refractivity contribution >= 4 is 5.82 Å². The van der Waals surface area contributed by atoms with Crippen LogP contribution in [0.25, 0.3) is 0 Å². The van der Waals surface area contributed by atoms with Gasteiger partial charge < -0.3 is 5.32 Å². The van der Waals surface area contributed by atoms with Crippen LogP contribution in [0, 0.1) is 6.92 Å². The van der Waals surface area contributed by atoms with Crippen molar-refractivity contribution in [3.05, 3.63) is 11.8 Å². The van der Waals surface area contributed by atoms with E-state index >= 15 is 0 Å². The van der Waals surface area contributed by atoms with Gasteiger partial charge in [-0.2, -0.15) is 5.10 Å². The SMILES string of the molecule is CCNc1cc(C)[nH]n1. The Labute approximate surface area is 54.5 Å². The first-order valence-corrected chi connectivity index (χ1v) is 3.09. The number of hydrogen-bond acceptors (Lipinski definition) is 2. The molecule has 0 bridgehead atoms. The number of H-pyrrole nitrogens is 1. The zero-order valence-corrected chi connectivity index (χ0v) is 5.73. The first-order chi connectivity index (χ1) is 4.33. The fourth-order valence-corrected chi connectivity index (χ4v) is 0.690. The number of rotatable bonds is 2. The van der Waals surface area contributed by atoms with Crippen LogP contribution in [0.4, 0.5) is 5.82 Å². The number of nitrogens with zero attached hydrogens (tertiary/aromatic N) is 1. The molecule has 0 radical (unpaired) electrons. The van der Waals surface area contributed by atoms with Crippen molar-refractivity contribution in [2.75, 3.05) is 11.9 Å². The second-order valence-corrected chi connectivity index (χ2v) is 1.97. The van der Waals surface area contributed by atoms with Gasteiger partial charge in [0.05, 0.1) is 0 Å². The Hall–Kier alpha value is -0.990. The lowest BCUT2D eigenvalue weighted by molar-refractivity contribution is 1.03. The van der Waals surface area contributed by atoms with Crippen molar-refractivity contribution in [2.24, 2.45) is 0 Å². The van der Waals surface area contributed by atoms with Gasteiger partial charge in [-0.25, -0.2) is 0 Å². The molecule has 0 fully saturated rings. The Morgan fingerprint density at radius 2 is 2.56 bits per heavy atom. The number of nitrogens with one attached hydrogen (secondary N) is 2. The van der Waals surface area contributed by atoms with Crippen LogP contribution < -0.4 is 5.32 Å². The molecule has 0 aromatic carbocycles. The quantitative estimate of drug-likeness (QED) is 0.622. The molecule has 1 heterocycles. The lowest BCUT2D eigenvalue weighted by Crippen LogP contribution is -1.95. The minimum atomic E-state index is 0.921. The van der Waals surface area contributed by atoms with E-state index in [0.29, 0.717) is 0 Å². The predicted molar refractivity (Wildman–Crippen MR) is 37.5 cm³/mol. The van der Waals surface area contributed by atoms with Crippen LogP contribution in [0.2, 0.25) is 0 Å². The number of aromatic amines is 1. The molecular formula is C6H11N3. The average Bonchev–Trinajstić information content (AvgIpc) is 2.17. The van der Waals surface area contributed by atoms with Crippen molar-refractivity contribution in [1.29, 1.82) is 0 Å². The molecule has 0 aliphatic carbocycles. The van der Waals surface area contributed by atoms with Gasteiger partial charge in [-0.3, -0.25) is 5.10 Å². The third-order valence-corrected chi connectivity index (χ3v) is 1.06. The Morgan fingerprint density at radius 3 is 3.00 bits per heavy atom. The van der Waals surface area contributed by atoms with Crippen LogP contribution in [-0.2, 0) is 0 Å². The van der Waals surface area contributed by atoms with Crippen LogP contribution in [0.15, 0.2) is 6.07 Å². The molecule has 2 N–H and O–H groups in total. The van der Waals surface area contributed by atoms with Crippen LogP contribution in [-0.4, -0.2) is 16.7 Å². The third kappa shape index (κ3) is 1.45. The molecule has 9 heavy (non-hydrogen) atoms. The van der Waals surface area contributed by atoms with E-state index in [4.69, 9.17) is 0 Å². The molecule has 0 aliphatic rings. The predicted octanol–water partition coefficient (Wildman–Crippen LogP) is 1.15. The summed E-state index contributed by atoms with van der Waals surface area (Å²) in [7, 11) is 0. The van der Waals surface area contributed by atoms with E-state index in [-0.39, 0.29) is 0 Å². The van der Waals surface area contributed by atoms with Crippen molar-refractivity contribution in [3.8, 4) is 0 Å². The van der Waals surface area contributed by atoms with Crippen LogP contribution in [0.1, 0.15) is 12.6 Å². The summed E-state index contributed by atoms with van der Waals surface area (Å²) < 4.78 is 0. The molecule has 0 aliphatic heterocycles. The average molecular weight is 125 g/mol. The zero-order valence-electron chi connectivity index (χ0n) is 5.73. The van der Waals surface area contributed by atoms with E-state index in [0.717, 1.165) is 18.1 Å². The minimum absolute atomic E-state index is 0.921. The van der Waals surface area contributed by atoms with Gasteiger partial charge in [0.1, 0.15) is 5.82 Å². The van der Waals surface area contributed by atoms with Crippen molar-refractivity contribution in [2.45, 2.75) is 13.8 Å². The summed E-state index contributed by atoms with van der Waals surface area (Å²) in [5.74, 6) is 0.926. The standard InChI is InChI=1S/C6H11N3/c1-3-7-6-4-5(2)8-9-6/h4H,3H2,1-2H3,(H2,7,8,9). The molecule has 0 saturated carbocycles. The number of aryl methyl sites for hydroxylation is 1. The van der Waals surface area contributed by atoms with Crippen molar-refractivity contribution < 1.29 is 0 Å². The normalized spacial score (nSPS) is 9.56. The van der Waals surface area contributed by atoms with Gasteiger partial charge in [0.2, 0.25) is 0 Å². The van der Waals surface area contributed by atoms with Crippen LogP contribution >= 0.6 is 0 Å². The van der Waals surface area contributed by atoms with Gasteiger partial charge in [0.15, 0.2) is 0 Å². The maximum atomic E-state index is 3.97. The van der Waals surface area contributed by atoms with Gasteiger partial charge in [-0.1, -0.05) is 0 Å². The smallest absolute Gasteiger partial charge is 0.148 e. The Balaban J connectivity index is 2.61. The molecule has 1 aromatic heterocycles. The summed E-state index contributed by atoms with van der Waals surface area (Å²) in [6.07, 6.45) is 0. The lowest BCUT2D eigenvalue weighted by Gasteiger charge is -1.92. The molecule has 50 valence electrons. The molecule has 0 unspecified atom stereocenters. The van der Waals surface area contributed by atoms with E-state index in [1.807, 2.05) is 19.9 Å². The summed E-state index contributed by atoms with van der Waals surface area (Å²) in [6.45, 7) is 4.95. The maximum absolute atomic E-state index is 3.97. The molecule has 0 saturated heterocycles. The van der Waals surface area contributed by atoms with E-state index in [1.165, 1.54) is 0 Å². The molecule has 0 amide bonds. The number of hydrogen-bond donors (Lipinski definition) is 2. The van der Waals surface area contributed by atoms with E-state index in [1.54, 1.807) is 0 Å². The van der Waals surface area contributed by atoms with Crippen molar-refractivity contribution in [3.63, 3.8) is 0 Å². The monoisotopic (exact) mass is 125 g/mol. The molecule has 3 heteroatoms. The summed E-state index contributed by atoms with van der Waals surface area (Å²) in [4.78, 5) is 0. The second-order valence-electron chi connectivity index (χ2n) is 1.97. The lowest BCUT2D eigenvalue weighted by atomic mass is 10.5. The van der Waals surface area contributed by atoms with Gasteiger partial charge in [-0.15, -0.1) is 0 Å². The largest absolute Gasteiger partial charge is 0.369 e. The fraction of sp³-hybridized carbons (Fsp3) is 0.500. The topological polar surface area (TPSA) is 40.7 Å². The summed E-state index contributed by atoms with van der Waals surface area (Å²) in [6, 6.07) is 1.98. The highest BCUT2D eigenvalue weighted by Crippen LogP contribution is 2.01. The zero-order chi connectivity index (χ0) is 6.69. The molecule has 0 spiro atoms. The molecule has 1 aromatic rings. The van der Waals surface area contributed by atoms with Gasteiger partial charge in [0.25, 0.3) is 0 Å². The highest BCUT2D eigenvalue weighted by molar-refractivity contribution is 5.34. The number of aromatic nitrogens is 2.